The molecule has 0 saturated carbocycles. The number of amides is 3. The third-order valence-corrected chi connectivity index (χ3v) is 2.58. The molecule has 4 N–H and O–H groups in total. The predicted octanol–water partition coefficient (Wildman–Crippen LogP) is 1.20. The van der Waals surface area contributed by atoms with Crippen LogP contribution in [0.5, 0.6) is 0 Å². The van der Waals surface area contributed by atoms with Crippen LogP contribution in [0, 0.1) is 11.6 Å². The molecule has 1 rings (SSSR count). The Kier molecular flexibility index (Phi) is 4.94. The Labute approximate surface area is 109 Å². The second kappa shape index (κ2) is 6.24. The lowest BCUT2D eigenvalue weighted by atomic mass is 10.1. The number of rotatable bonds is 4. The largest absolute Gasteiger partial charge is 0.351 e. The number of nitrogens with two attached hydrogens (primary N) is 1. The van der Waals surface area contributed by atoms with E-state index in [1.807, 2.05) is 5.32 Å². The maximum atomic E-state index is 13.1. The van der Waals surface area contributed by atoms with Crippen LogP contribution in [-0.4, -0.2) is 18.0 Å². The monoisotopic (exact) mass is 271 g/mol. The van der Waals surface area contributed by atoms with E-state index in [1.165, 1.54) is 13.0 Å². The molecule has 0 bridgehead atoms. The number of carbonyl (C=O) groups excluding carboxylic acids is 2. The third-order valence-electron chi connectivity index (χ3n) is 2.58. The van der Waals surface area contributed by atoms with Crippen molar-refractivity contribution < 1.29 is 18.4 Å². The summed E-state index contributed by atoms with van der Waals surface area (Å²) in [6.45, 7) is 3.20. The molecular weight excluding hydrogens is 256 g/mol. The lowest BCUT2D eigenvalue weighted by Crippen LogP contribution is -2.47. The van der Waals surface area contributed by atoms with Gasteiger partial charge < -0.3 is 5.73 Å². The van der Waals surface area contributed by atoms with Crippen molar-refractivity contribution in [2.75, 3.05) is 0 Å². The lowest BCUT2D eigenvalue weighted by Gasteiger charge is -2.19. The summed E-state index contributed by atoms with van der Waals surface area (Å²) in [6.07, 6.45) is 0. The SMILES string of the molecule is C[C@H](N[C@H](C)c1ccc(F)c(F)c1)C(=O)NC(N)=O. The second-order valence-electron chi connectivity index (χ2n) is 4.14. The first-order chi connectivity index (χ1) is 8.81. The third kappa shape index (κ3) is 4.29. The van der Waals surface area contributed by atoms with Crippen molar-refractivity contribution in [3.05, 3.63) is 35.4 Å². The Balaban J connectivity index is 2.68. The van der Waals surface area contributed by atoms with E-state index in [9.17, 15) is 18.4 Å². The van der Waals surface area contributed by atoms with Crippen LogP contribution in [0.1, 0.15) is 25.5 Å². The summed E-state index contributed by atoms with van der Waals surface area (Å²) in [5.74, 6) is -2.49. The molecule has 1 aromatic rings. The first kappa shape index (κ1) is 15.0. The summed E-state index contributed by atoms with van der Waals surface area (Å²) in [7, 11) is 0. The molecule has 104 valence electrons. The number of hydrogen-bond acceptors (Lipinski definition) is 3. The molecule has 0 heterocycles. The van der Waals surface area contributed by atoms with E-state index in [-0.39, 0.29) is 0 Å². The van der Waals surface area contributed by atoms with Gasteiger partial charge in [-0.1, -0.05) is 6.07 Å². The molecule has 19 heavy (non-hydrogen) atoms. The summed E-state index contributed by atoms with van der Waals surface area (Å²) in [6, 6.07) is 1.41. The summed E-state index contributed by atoms with van der Waals surface area (Å²) >= 11 is 0. The summed E-state index contributed by atoms with van der Waals surface area (Å²) < 4.78 is 25.8. The average molecular weight is 271 g/mol. The smallest absolute Gasteiger partial charge is 0.318 e. The van der Waals surface area contributed by atoms with Crippen LogP contribution in [0.15, 0.2) is 18.2 Å². The Morgan fingerprint density at radius 1 is 1.21 bits per heavy atom. The Hall–Kier alpha value is -2.02. The molecule has 2 atom stereocenters. The van der Waals surface area contributed by atoms with Gasteiger partial charge in [-0.25, -0.2) is 13.6 Å². The van der Waals surface area contributed by atoms with Gasteiger partial charge in [0.05, 0.1) is 6.04 Å². The first-order valence-electron chi connectivity index (χ1n) is 5.62. The van der Waals surface area contributed by atoms with Gasteiger partial charge in [-0.3, -0.25) is 15.4 Å². The molecule has 0 unspecified atom stereocenters. The molecule has 0 aliphatic carbocycles. The van der Waals surface area contributed by atoms with Gasteiger partial charge in [0, 0.05) is 6.04 Å². The Morgan fingerprint density at radius 3 is 2.37 bits per heavy atom. The van der Waals surface area contributed by atoms with Crippen molar-refractivity contribution in [1.82, 2.24) is 10.6 Å². The first-order valence-corrected chi connectivity index (χ1v) is 5.62. The average Bonchev–Trinajstić information content (AvgIpc) is 2.31. The lowest BCUT2D eigenvalue weighted by molar-refractivity contribution is -0.121. The fraction of sp³-hybridized carbons (Fsp3) is 0.333. The van der Waals surface area contributed by atoms with Crippen LogP contribution in [0.4, 0.5) is 13.6 Å². The van der Waals surface area contributed by atoms with Gasteiger partial charge in [-0.15, -0.1) is 0 Å². The molecule has 0 saturated heterocycles. The zero-order valence-corrected chi connectivity index (χ0v) is 10.5. The quantitative estimate of drug-likeness (QED) is 0.769. The maximum Gasteiger partial charge on any atom is 0.318 e. The minimum Gasteiger partial charge on any atom is -0.351 e. The summed E-state index contributed by atoms with van der Waals surface area (Å²) in [5.41, 5.74) is 5.30. The molecule has 0 radical (unpaired) electrons. The molecule has 5 nitrogen and oxygen atoms in total. The summed E-state index contributed by atoms with van der Waals surface area (Å²) in [4.78, 5) is 22.0. The normalized spacial score (nSPS) is 13.7. The van der Waals surface area contributed by atoms with Crippen molar-refractivity contribution in [2.45, 2.75) is 25.9 Å². The topological polar surface area (TPSA) is 84.2 Å². The van der Waals surface area contributed by atoms with E-state index in [4.69, 9.17) is 5.73 Å². The van der Waals surface area contributed by atoms with E-state index in [1.54, 1.807) is 6.92 Å². The van der Waals surface area contributed by atoms with Crippen LogP contribution in [-0.2, 0) is 4.79 Å². The van der Waals surface area contributed by atoms with Gasteiger partial charge in [-0.2, -0.15) is 0 Å². The van der Waals surface area contributed by atoms with E-state index < -0.39 is 35.7 Å². The van der Waals surface area contributed by atoms with E-state index in [2.05, 4.69) is 5.32 Å². The molecule has 1 aromatic carbocycles. The highest BCUT2D eigenvalue weighted by molar-refractivity contribution is 5.96. The minimum absolute atomic E-state index is 0.399. The van der Waals surface area contributed by atoms with Crippen LogP contribution >= 0.6 is 0 Å². The van der Waals surface area contributed by atoms with Gasteiger partial charge >= 0.3 is 6.03 Å². The van der Waals surface area contributed by atoms with E-state index in [0.717, 1.165) is 12.1 Å². The number of primary amides is 1. The van der Waals surface area contributed by atoms with Crippen molar-refractivity contribution in [3.63, 3.8) is 0 Å². The fourth-order valence-corrected chi connectivity index (χ4v) is 1.56. The van der Waals surface area contributed by atoms with Gasteiger partial charge in [0.25, 0.3) is 0 Å². The van der Waals surface area contributed by atoms with Gasteiger partial charge in [0.15, 0.2) is 11.6 Å². The molecule has 3 amide bonds. The highest BCUT2D eigenvalue weighted by Crippen LogP contribution is 2.16. The molecule has 0 aromatic heterocycles. The number of hydrogen-bond donors (Lipinski definition) is 3. The van der Waals surface area contributed by atoms with E-state index in [0.29, 0.717) is 5.56 Å². The highest BCUT2D eigenvalue weighted by atomic mass is 19.2. The number of benzene rings is 1. The number of nitrogens with one attached hydrogen (secondary N) is 2. The van der Waals surface area contributed by atoms with Gasteiger partial charge in [0.1, 0.15) is 0 Å². The van der Waals surface area contributed by atoms with E-state index >= 15 is 0 Å². The molecular formula is C12H15F2N3O2. The number of urea groups is 1. The highest BCUT2D eigenvalue weighted by Gasteiger charge is 2.18. The molecule has 0 fully saturated rings. The maximum absolute atomic E-state index is 13.1. The van der Waals surface area contributed by atoms with Crippen LogP contribution < -0.4 is 16.4 Å². The van der Waals surface area contributed by atoms with Crippen molar-refractivity contribution >= 4 is 11.9 Å². The van der Waals surface area contributed by atoms with Crippen molar-refractivity contribution in [2.24, 2.45) is 5.73 Å². The summed E-state index contributed by atoms with van der Waals surface area (Å²) in [5, 5.41) is 4.76. The van der Waals surface area contributed by atoms with Gasteiger partial charge in [-0.05, 0) is 31.5 Å². The van der Waals surface area contributed by atoms with Crippen LogP contribution in [0.25, 0.3) is 0 Å². The zero-order valence-electron chi connectivity index (χ0n) is 10.5. The van der Waals surface area contributed by atoms with Crippen molar-refractivity contribution in [1.29, 1.82) is 0 Å². The zero-order chi connectivity index (χ0) is 14.6. The number of imide groups is 1. The van der Waals surface area contributed by atoms with Crippen LogP contribution in [0.3, 0.4) is 0 Å². The molecule has 7 heteroatoms. The fourth-order valence-electron chi connectivity index (χ4n) is 1.56. The minimum atomic E-state index is -0.958. The molecule has 0 spiro atoms. The number of carbonyl (C=O) groups is 2. The van der Waals surface area contributed by atoms with Crippen LogP contribution in [0.2, 0.25) is 0 Å². The molecule has 0 aliphatic rings. The van der Waals surface area contributed by atoms with Crippen molar-refractivity contribution in [3.8, 4) is 0 Å². The standard InChI is InChI=1S/C12H15F2N3O2/c1-6(8-3-4-9(13)10(14)5-8)16-7(2)11(18)17-12(15)19/h3-7,16H,1-2H3,(H3,15,17,18,19)/t6-,7+/m1/s1. The Bertz CT molecular complexity index is 494. The molecule has 0 aliphatic heterocycles. The number of halogens is 2. The second-order valence-corrected chi connectivity index (χ2v) is 4.14. The Morgan fingerprint density at radius 2 is 1.84 bits per heavy atom. The predicted molar refractivity (Wildman–Crippen MR) is 65.1 cm³/mol. The van der Waals surface area contributed by atoms with Gasteiger partial charge in [0.2, 0.25) is 5.91 Å².